The molecule has 2 atom stereocenters. The number of nitrogens with one attached hydrogen (secondary N) is 1. The van der Waals surface area contributed by atoms with Crippen LogP contribution in [0.1, 0.15) is 29.7 Å². The first kappa shape index (κ1) is 19.7. The van der Waals surface area contributed by atoms with Crippen LogP contribution in [0.15, 0.2) is 48.8 Å². The van der Waals surface area contributed by atoms with Crippen LogP contribution in [-0.4, -0.2) is 49.8 Å². The molecule has 3 aromatic heterocycles. The molecule has 2 aliphatic heterocycles. The number of carbonyl (C=O) groups excluding carboxylic acids is 1. The van der Waals surface area contributed by atoms with Gasteiger partial charge in [0.25, 0.3) is 0 Å². The van der Waals surface area contributed by atoms with E-state index in [1.165, 1.54) is 6.07 Å². The minimum atomic E-state index is -0.694. The number of nitrogens with zero attached hydrogens (tertiary/aromatic N) is 5. The van der Waals surface area contributed by atoms with Crippen molar-refractivity contribution < 1.29 is 14.3 Å². The number of fused-ring (bicyclic) bond motifs is 4. The number of phenolic OH excluding ortho intramolecular Hbond substituents is 1. The van der Waals surface area contributed by atoms with Gasteiger partial charge < -0.3 is 19.9 Å². The summed E-state index contributed by atoms with van der Waals surface area (Å²) in [6.07, 6.45) is 5.30. The van der Waals surface area contributed by atoms with E-state index >= 15 is 0 Å². The third-order valence-electron chi connectivity index (χ3n) is 6.79. The summed E-state index contributed by atoms with van der Waals surface area (Å²) in [6, 6.07) is 10.2. The molecule has 1 saturated heterocycles. The molecule has 6 rings (SSSR count). The van der Waals surface area contributed by atoms with E-state index in [9.17, 15) is 14.3 Å². The summed E-state index contributed by atoms with van der Waals surface area (Å²) in [7, 11) is 0. The zero-order chi connectivity index (χ0) is 22.7. The number of phenols is 1. The number of rotatable bonds is 3. The summed E-state index contributed by atoms with van der Waals surface area (Å²) < 4.78 is 16.1. The van der Waals surface area contributed by atoms with Crippen molar-refractivity contribution in [2.75, 3.05) is 23.3 Å². The zero-order valence-electron chi connectivity index (χ0n) is 17.9. The molecule has 8 nitrogen and oxygen atoms in total. The van der Waals surface area contributed by atoms with Gasteiger partial charge in [-0.3, -0.25) is 4.79 Å². The van der Waals surface area contributed by atoms with Crippen molar-refractivity contribution in [3.63, 3.8) is 0 Å². The van der Waals surface area contributed by atoms with Gasteiger partial charge in [0.15, 0.2) is 23.7 Å². The van der Waals surface area contributed by atoms with Gasteiger partial charge in [-0.25, -0.2) is 9.37 Å². The lowest BCUT2D eigenvalue weighted by Gasteiger charge is -2.41. The standard InChI is InChI=1S/C24H21FN6O2/c1-24-9-16(30-6-5-15-7-14(12-32)10-26-23(15)30)11-31(24)20-8-19(28-29-22(20)27-13-24)17-3-2-4-18(25)21(17)33/h2-8,10,12,16,33H,9,11,13H2,1H3,(H,27,29)/t16-,24+/m1/s1. The van der Waals surface area contributed by atoms with E-state index in [4.69, 9.17) is 0 Å². The van der Waals surface area contributed by atoms with Gasteiger partial charge >= 0.3 is 0 Å². The maximum Gasteiger partial charge on any atom is 0.172 e. The fourth-order valence-corrected chi connectivity index (χ4v) is 5.12. The average Bonchev–Trinajstić information content (AvgIpc) is 3.41. The molecule has 9 heteroatoms. The Labute approximate surface area is 188 Å². The van der Waals surface area contributed by atoms with E-state index in [1.807, 2.05) is 24.4 Å². The maximum atomic E-state index is 13.9. The number of aldehydes is 1. The van der Waals surface area contributed by atoms with E-state index in [0.717, 1.165) is 36.0 Å². The van der Waals surface area contributed by atoms with E-state index in [2.05, 4.69) is 36.9 Å². The number of aromatic hydroxyl groups is 1. The summed E-state index contributed by atoms with van der Waals surface area (Å²) in [5.41, 5.74) is 2.81. The molecule has 0 radical (unpaired) electrons. The molecular weight excluding hydrogens is 423 g/mol. The van der Waals surface area contributed by atoms with Crippen LogP contribution in [0.25, 0.3) is 22.3 Å². The largest absolute Gasteiger partial charge is 0.504 e. The van der Waals surface area contributed by atoms with Crippen LogP contribution in [0, 0.1) is 5.82 Å². The highest BCUT2D eigenvalue weighted by atomic mass is 19.1. The molecule has 5 heterocycles. The van der Waals surface area contributed by atoms with Crippen molar-refractivity contribution in [3.8, 4) is 17.0 Å². The van der Waals surface area contributed by atoms with Gasteiger partial charge in [0.05, 0.1) is 23.0 Å². The Morgan fingerprint density at radius 1 is 1.27 bits per heavy atom. The summed E-state index contributed by atoms with van der Waals surface area (Å²) in [5, 5.41) is 23.1. The number of hydrogen-bond donors (Lipinski definition) is 2. The number of benzene rings is 1. The monoisotopic (exact) mass is 444 g/mol. The van der Waals surface area contributed by atoms with Crippen LogP contribution in [0.5, 0.6) is 5.75 Å². The Bertz CT molecular complexity index is 1420. The third kappa shape index (κ3) is 2.95. The molecule has 0 amide bonds. The maximum absolute atomic E-state index is 13.9. The van der Waals surface area contributed by atoms with Gasteiger partial charge in [-0.2, -0.15) is 0 Å². The molecule has 1 fully saturated rings. The summed E-state index contributed by atoms with van der Waals surface area (Å²) in [6.45, 7) is 3.64. The van der Waals surface area contributed by atoms with Gasteiger partial charge in [0.1, 0.15) is 5.65 Å². The summed E-state index contributed by atoms with van der Waals surface area (Å²) >= 11 is 0. The van der Waals surface area contributed by atoms with Crippen LogP contribution >= 0.6 is 0 Å². The van der Waals surface area contributed by atoms with Gasteiger partial charge in [0.2, 0.25) is 0 Å². The SMILES string of the molecule is C[C@]12CNc3nnc(-c4cccc(F)c4O)cc3N1C[C@H](n1ccc3cc(C=O)cnc31)C2. The van der Waals surface area contributed by atoms with Gasteiger partial charge in [0, 0.05) is 42.0 Å². The van der Waals surface area contributed by atoms with E-state index in [0.29, 0.717) is 29.2 Å². The van der Waals surface area contributed by atoms with Gasteiger partial charge in [-0.1, -0.05) is 6.07 Å². The highest BCUT2D eigenvalue weighted by Crippen LogP contribution is 2.46. The number of para-hydroxylation sites is 1. The van der Waals surface area contributed by atoms with Crippen LogP contribution in [0.3, 0.4) is 0 Å². The Balaban J connectivity index is 1.39. The van der Waals surface area contributed by atoms with Crippen molar-refractivity contribution in [1.82, 2.24) is 19.7 Å². The Kier molecular flexibility index (Phi) is 4.17. The molecule has 1 aromatic carbocycles. The minimum absolute atomic E-state index is 0.161. The molecule has 4 aromatic rings. The van der Waals surface area contributed by atoms with Gasteiger partial charge in [-0.05, 0) is 43.7 Å². The van der Waals surface area contributed by atoms with E-state index < -0.39 is 11.6 Å². The number of halogens is 1. The molecular formula is C24H21FN6O2. The number of aromatic nitrogens is 4. The molecule has 0 spiro atoms. The normalized spacial score (nSPS) is 21.5. The second-order valence-electron chi connectivity index (χ2n) is 8.94. The molecule has 166 valence electrons. The fraction of sp³-hybridized carbons (Fsp3) is 0.250. The van der Waals surface area contributed by atoms with Gasteiger partial charge in [-0.15, -0.1) is 10.2 Å². The smallest absolute Gasteiger partial charge is 0.172 e. The van der Waals surface area contributed by atoms with Crippen LogP contribution in [-0.2, 0) is 0 Å². The lowest BCUT2D eigenvalue weighted by molar-refractivity contribution is 0.112. The predicted octanol–water partition coefficient (Wildman–Crippen LogP) is 3.79. The highest BCUT2D eigenvalue weighted by Gasteiger charge is 2.46. The average molecular weight is 444 g/mol. The number of anilines is 2. The second-order valence-corrected chi connectivity index (χ2v) is 8.94. The van der Waals surface area contributed by atoms with Crippen molar-refractivity contribution in [1.29, 1.82) is 0 Å². The summed E-state index contributed by atoms with van der Waals surface area (Å²) in [5.74, 6) is -0.461. The quantitative estimate of drug-likeness (QED) is 0.464. The number of pyridine rings is 1. The first-order chi connectivity index (χ1) is 16.0. The van der Waals surface area contributed by atoms with Crippen LogP contribution < -0.4 is 10.2 Å². The summed E-state index contributed by atoms with van der Waals surface area (Å²) in [4.78, 5) is 17.9. The van der Waals surface area contributed by atoms with Crippen LogP contribution in [0.4, 0.5) is 15.9 Å². The van der Waals surface area contributed by atoms with Crippen LogP contribution in [0.2, 0.25) is 0 Å². The molecule has 0 bridgehead atoms. The Morgan fingerprint density at radius 3 is 3.00 bits per heavy atom. The minimum Gasteiger partial charge on any atom is -0.504 e. The predicted molar refractivity (Wildman–Crippen MR) is 122 cm³/mol. The van der Waals surface area contributed by atoms with Crippen molar-refractivity contribution in [2.45, 2.75) is 24.9 Å². The Morgan fingerprint density at radius 2 is 2.15 bits per heavy atom. The molecule has 2 aliphatic rings. The zero-order valence-corrected chi connectivity index (χ0v) is 17.9. The molecule has 0 aliphatic carbocycles. The number of hydrogen-bond acceptors (Lipinski definition) is 7. The highest BCUT2D eigenvalue weighted by molar-refractivity contribution is 5.85. The lowest BCUT2D eigenvalue weighted by atomic mass is 9.95. The topological polar surface area (TPSA) is 96.2 Å². The first-order valence-electron chi connectivity index (χ1n) is 10.8. The molecule has 33 heavy (non-hydrogen) atoms. The molecule has 0 unspecified atom stereocenters. The molecule has 0 saturated carbocycles. The second kappa shape index (κ2) is 6.99. The third-order valence-corrected chi connectivity index (χ3v) is 6.79. The van der Waals surface area contributed by atoms with Crippen molar-refractivity contribution in [3.05, 3.63) is 60.2 Å². The van der Waals surface area contributed by atoms with E-state index in [-0.39, 0.29) is 11.6 Å². The van der Waals surface area contributed by atoms with Crippen molar-refractivity contribution in [2.24, 2.45) is 0 Å². The number of carbonyl (C=O) groups is 1. The first-order valence-corrected chi connectivity index (χ1v) is 10.8. The lowest BCUT2D eigenvalue weighted by Crippen LogP contribution is -2.50. The molecule has 2 N–H and O–H groups in total. The van der Waals surface area contributed by atoms with E-state index in [1.54, 1.807) is 18.3 Å². The van der Waals surface area contributed by atoms with Crippen molar-refractivity contribution >= 4 is 28.8 Å². The Hall–Kier alpha value is -4.01. The fourth-order valence-electron chi connectivity index (χ4n) is 5.12.